The number of piperazine rings is 1. The SMILES string of the molecule is CSc1ccc(C(C)NS(=O)(=O)N2CCNCC2)cc1. The summed E-state index contributed by atoms with van der Waals surface area (Å²) in [5, 5.41) is 3.15. The van der Waals surface area contributed by atoms with Crippen LogP contribution in [0.15, 0.2) is 29.2 Å². The minimum Gasteiger partial charge on any atom is -0.314 e. The number of nitrogens with one attached hydrogen (secondary N) is 2. The van der Waals surface area contributed by atoms with E-state index in [0.717, 1.165) is 5.56 Å². The lowest BCUT2D eigenvalue weighted by atomic mass is 10.1. The molecule has 0 spiro atoms. The Labute approximate surface area is 125 Å². The normalized spacial score (nSPS) is 18.9. The van der Waals surface area contributed by atoms with Crippen molar-refractivity contribution in [3.63, 3.8) is 0 Å². The molecule has 1 aromatic carbocycles. The summed E-state index contributed by atoms with van der Waals surface area (Å²) in [7, 11) is -3.41. The Morgan fingerprint density at radius 3 is 2.40 bits per heavy atom. The third-order valence-corrected chi connectivity index (χ3v) is 5.80. The average Bonchev–Trinajstić information content (AvgIpc) is 2.48. The van der Waals surface area contributed by atoms with E-state index in [1.165, 1.54) is 9.20 Å². The molecular formula is C13H21N3O2S2. The van der Waals surface area contributed by atoms with E-state index in [1.54, 1.807) is 11.8 Å². The predicted octanol–water partition coefficient (Wildman–Crippen LogP) is 1.21. The van der Waals surface area contributed by atoms with E-state index in [-0.39, 0.29) is 6.04 Å². The van der Waals surface area contributed by atoms with Crippen molar-refractivity contribution in [2.75, 3.05) is 32.4 Å². The molecule has 1 heterocycles. The minimum absolute atomic E-state index is 0.231. The van der Waals surface area contributed by atoms with Crippen molar-refractivity contribution >= 4 is 22.0 Å². The molecule has 1 fully saturated rings. The summed E-state index contributed by atoms with van der Waals surface area (Å²) < 4.78 is 28.8. The Hall–Kier alpha value is -0.600. The first-order chi connectivity index (χ1) is 9.53. The molecule has 0 aromatic heterocycles. The van der Waals surface area contributed by atoms with Crippen LogP contribution >= 0.6 is 11.8 Å². The monoisotopic (exact) mass is 315 g/mol. The maximum absolute atomic E-state index is 12.3. The maximum Gasteiger partial charge on any atom is 0.280 e. The molecule has 112 valence electrons. The molecule has 20 heavy (non-hydrogen) atoms. The molecule has 0 bridgehead atoms. The van der Waals surface area contributed by atoms with Crippen molar-refractivity contribution < 1.29 is 8.42 Å². The second kappa shape index (κ2) is 6.91. The first-order valence-corrected chi connectivity index (χ1v) is 9.31. The number of nitrogens with zero attached hydrogens (tertiary/aromatic N) is 1. The molecule has 0 aliphatic carbocycles. The summed E-state index contributed by atoms with van der Waals surface area (Å²) in [5.74, 6) is 0. The lowest BCUT2D eigenvalue weighted by Gasteiger charge is -2.28. The fourth-order valence-electron chi connectivity index (χ4n) is 2.14. The van der Waals surface area contributed by atoms with Gasteiger partial charge in [-0.05, 0) is 30.9 Å². The zero-order valence-corrected chi connectivity index (χ0v) is 13.4. The Morgan fingerprint density at radius 2 is 1.85 bits per heavy atom. The largest absolute Gasteiger partial charge is 0.314 e. The highest BCUT2D eigenvalue weighted by Gasteiger charge is 2.25. The minimum atomic E-state index is -3.41. The molecular weight excluding hydrogens is 294 g/mol. The first kappa shape index (κ1) is 15.8. The van der Waals surface area contributed by atoms with Crippen LogP contribution < -0.4 is 10.0 Å². The third-order valence-electron chi connectivity index (χ3n) is 3.36. The molecule has 2 N–H and O–H groups in total. The second-order valence-electron chi connectivity index (χ2n) is 4.77. The summed E-state index contributed by atoms with van der Waals surface area (Å²) in [6.45, 7) is 4.32. The van der Waals surface area contributed by atoms with Gasteiger partial charge in [-0.15, -0.1) is 11.8 Å². The molecule has 1 saturated heterocycles. The highest BCUT2D eigenvalue weighted by Crippen LogP contribution is 2.19. The van der Waals surface area contributed by atoms with Crippen molar-refractivity contribution in [2.24, 2.45) is 0 Å². The zero-order valence-electron chi connectivity index (χ0n) is 11.8. The molecule has 1 atom stereocenters. The molecule has 1 aliphatic heterocycles. The van der Waals surface area contributed by atoms with E-state index < -0.39 is 10.2 Å². The van der Waals surface area contributed by atoms with Gasteiger partial charge < -0.3 is 5.32 Å². The number of hydrogen-bond donors (Lipinski definition) is 2. The highest BCUT2D eigenvalue weighted by molar-refractivity contribution is 7.98. The highest BCUT2D eigenvalue weighted by atomic mass is 32.2. The van der Waals surface area contributed by atoms with Gasteiger partial charge in [0.05, 0.1) is 0 Å². The molecule has 1 aliphatic rings. The van der Waals surface area contributed by atoms with Crippen LogP contribution in [0.25, 0.3) is 0 Å². The van der Waals surface area contributed by atoms with Gasteiger partial charge >= 0.3 is 0 Å². The number of thioether (sulfide) groups is 1. The number of benzene rings is 1. The van der Waals surface area contributed by atoms with Crippen LogP contribution in [0.1, 0.15) is 18.5 Å². The molecule has 2 rings (SSSR count). The number of hydrogen-bond acceptors (Lipinski definition) is 4. The molecule has 0 saturated carbocycles. The van der Waals surface area contributed by atoms with Gasteiger partial charge in [0.2, 0.25) is 0 Å². The van der Waals surface area contributed by atoms with Crippen LogP contribution in [0.4, 0.5) is 0 Å². The summed E-state index contributed by atoms with van der Waals surface area (Å²) >= 11 is 1.67. The van der Waals surface area contributed by atoms with Gasteiger partial charge in [0.1, 0.15) is 0 Å². The van der Waals surface area contributed by atoms with Crippen molar-refractivity contribution in [1.29, 1.82) is 0 Å². The van der Waals surface area contributed by atoms with Gasteiger partial charge in [-0.25, -0.2) is 0 Å². The van der Waals surface area contributed by atoms with E-state index >= 15 is 0 Å². The Balaban J connectivity index is 2.03. The van der Waals surface area contributed by atoms with Crippen molar-refractivity contribution in [3.05, 3.63) is 29.8 Å². The van der Waals surface area contributed by atoms with Crippen molar-refractivity contribution in [2.45, 2.75) is 17.9 Å². The number of rotatable bonds is 5. The van der Waals surface area contributed by atoms with Gasteiger partial charge in [-0.1, -0.05) is 12.1 Å². The lowest BCUT2D eigenvalue weighted by molar-refractivity contribution is 0.352. The van der Waals surface area contributed by atoms with Gasteiger partial charge in [0.25, 0.3) is 10.2 Å². The van der Waals surface area contributed by atoms with Crippen LogP contribution in [0, 0.1) is 0 Å². The fraction of sp³-hybridized carbons (Fsp3) is 0.538. The standard InChI is InChI=1S/C13H21N3O2S2/c1-11(12-3-5-13(19-2)6-4-12)15-20(17,18)16-9-7-14-8-10-16/h3-6,11,14-15H,7-10H2,1-2H3. The first-order valence-electron chi connectivity index (χ1n) is 6.65. The maximum atomic E-state index is 12.3. The summed E-state index contributed by atoms with van der Waals surface area (Å²) in [6, 6.07) is 7.73. The summed E-state index contributed by atoms with van der Waals surface area (Å²) in [6.07, 6.45) is 2.02. The van der Waals surface area contributed by atoms with Gasteiger partial charge in [0.15, 0.2) is 0 Å². The van der Waals surface area contributed by atoms with Gasteiger partial charge in [0, 0.05) is 37.1 Å². The molecule has 7 heteroatoms. The lowest BCUT2D eigenvalue weighted by Crippen LogP contribution is -2.50. The van der Waals surface area contributed by atoms with E-state index in [0.29, 0.717) is 26.2 Å². The quantitative estimate of drug-likeness (QED) is 0.802. The average molecular weight is 315 g/mol. The van der Waals surface area contributed by atoms with Crippen LogP contribution in [-0.2, 0) is 10.2 Å². The fourth-order valence-corrected chi connectivity index (χ4v) is 3.95. The second-order valence-corrected chi connectivity index (χ2v) is 7.35. The van der Waals surface area contributed by atoms with Crippen LogP contribution in [0.5, 0.6) is 0 Å². The van der Waals surface area contributed by atoms with E-state index in [4.69, 9.17) is 0 Å². The van der Waals surface area contributed by atoms with Crippen molar-refractivity contribution in [1.82, 2.24) is 14.3 Å². The molecule has 1 unspecified atom stereocenters. The van der Waals surface area contributed by atoms with E-state index in [2.05, 4.69) is 10.0 Å². The smallest absolute Gasteiger partial charge is 0.280 e. The zero-order chi connectivity index (χ0) is 14.6. The third kappa shape index (κ3) is 3.95. The van der Waals surface area contributed by atoms with Crippen LogP contribution in [0.3, 0.4) is 0 Å². The van der Waals surface area contributed by atoms with Gasteiger partial charge in [-0.3, -0.25) is 0 Å². The summed E-state index contributed by atoms with van der Waals surface area (Å²) in [4.78, 5) is 1.17. The Morgan fingerprint density at radius 1 is 1.25 bits per heavy atom. The van der Waals surface area contributed by atoms with E-state index in [9.17, 15) is 8.42 Å². The topological polar surface area (TPSA) is 61.4 Å². The molecule has 0 amide bonds. The van der Waals surface area contributed by atoms with Crippen LogP contribution in [0.2, 0.25) is 0 Å². The molecule has 0 radical (unpaired) electrons. The van der Waals surface area contributed by atoms with Crippen molar-refractivity contribution in [3.8, 4) is 0 Å². The summed E-state index contributed by atoms with van der Waals surface area (Å²) in [5.41, 5.74) is 0.974. The van der Waals surface area contributed by atoms with Crippen LogP contribution in [-0.4, -0.2) is 45.2 Å². The Kier molecular flexibility index (Phi) is 5.45. The predicted molar refractivity (Wildman–Crippen MR) is 83.1 cm³/mol. The molecule has 1 aromatic rings. The van der Waals surface area contributed by atoms with E-state index in [1.807, 2.05) is 37.4 Å². The Bertz CT molecular complexity index is 525. The van der Waals surface area contributed by atoms with Gasteiger partial charge in [-0.2, -0.15) is 17.4 Å². The molecule has 5 nitrogen and oxygen atoms in total.